The van der Waals surface area contributed by atoms with Crippen molar-refractivity contribution in [3.8, 4) is 0 Å². The third-order valence-electron chi connectivity index (χ3n) is 3.45. The van der Waals surface area contributed by atoms with E-state index in [4.69, 9.17) is 5.73 Å². The van der Waals surface area contributed by atoms with E-state index in [2.05, 4.69) is 36.2 Å². The molecule has 1 aromatic heterocycles. The fourth-order valence-electron chi connectivity index (χ4n) is 2.37. The van der Waals surface area contributed by atoms with E-state index in [9.17, 15) is 5.11 Å². The summed E-state index contributed by atoms with van der Waals surface area (Å²) in [5.74, 6) is 0.658. The van der Waals surface area contributed by atoms with Gasteiger partial charge < -0.3 is 15.4 Å². The number of nitrogen functional groups attached to an aromatic ring is 1. The normalized spacial score (nSPS) is 11.1. The second-order valence-corrected chi connectivity index (χ2v) is 5.01. The Morgan fingerprint density at radius 3 is 2.60 bits per heavy atom. The number of fused-ring (bicyclic) bond motifs is 1. The zero-order valence-corrected chi connectivity index (χ0v) is 11.4. The molecule has 0 amide bonds. The van der Waals surface area contributed by atoms with Gasteiger partial charge in [-0.25, -0.2) is 4.98 Å². The quantitative estimate of drug-likeness (QED) is 0.716. The molecule has 0 radical (unpaired) electrons. The molecule has 0 aliphatic heterocycles. The SMILES string of the molecule is Cc1ccc(Cn2c(CO)nc3cc(N)ccc32)cc1. The Hall–Kier alpha value is -2.33. The van der Waals surface area contributed by atoms with Gasteiger partial charge in [-0.3, -0.25) is 0 Å². The van der Waals surface area contributed by atoms with Crippen LogP contribution in [0.15, 0.2) is 42.5 Å². The molecule has 20 heavy (non-hydrogen) atoms. The molecule has 3 aromatic rings. The first kappa shape index (κ1) is 12.7. The van der Waals surface area contributed by atoms with Crippen LogP contribution < -0.4 is 5.73 Å². The lowest BCUT2D eigenvalue weighted by molar-refractivity contribution is 0.267. The minimum Gasteiger partial charge on any atom is -0.399 e. The topological polar surface area (TPSA) is 64.1 Å². The average Bonchev–Trinajstić information content (AvgIpc) is 2.78. The van der Waals surface area contributed by atoms with Gasteiger partial charge in [0.1, 0.15) is 12.4 Å². The maximum absolute atomic E-state index is 9.50. The Morgan fingerprint density at radius 1 is 1.15 bits per heavy atom. The summed E-state index contributed by atoms with van der Waals surface area (Å²) in [7, 11) is 0. The van der Waals surface area contributed by atoms with E-state index in [1.807, 2.05) is 22.8 Å². The molecular weight excluding hydrogens is 250 g/mol. The van der Waals surface area contributed by atoms with Crippen LogP contribution in [-0.4, -0.2) is 14.7 Å². The molecule has 0 aliphatic carbocycles. The van der Waals surface area contributed by atoms with Crippen molar-refractivity contribution in [3.63, 3.8) is 0 Å². The van der Waals surface area contributed by atoms with E-state index in [-0.39, 0.29) is 6.61 Å². The number of nitrogens with zero attached hydrogens (tertiary/aromatic N) is 2. The van der Waals surface area contributed by atoms with Gasteiger partial charge in [0.05, 0.1) is 11.0 Å². The number of anilines is 1. The highest BCUT2D eigenvalue weighted by atomic mass is 16.3. The Labute approximate surface area is 117 Å². The van der Waals surface area contributed by atoms with Crippen molar-refractivity contribution in [3.05, 3.63) is 59.4 Å². The first-order valence-corrected chi connectivity index (χ1v) is 6.58. The van der Waals surface area contributed by atoms with E-state index < -0.39 is 0 Å². The molecule has 2 aromatic carbocycles. The van der Waals surface area contributed by atoms with Crippen LogP contribution in [0.1, 0.15) is 17.0 Å². The number of hydrogen-bond acceptors (Lipinski definition) is 3. The lowest BCUT2D eigenvalue weighted by Crippen LogP contribution is -2.05. The molecule has 0 atom stereocenters. The Balaban J connectivity index is 2.07. The van der Waals surface area contributed by atoms with Crippen LogP contribution in [0.5, 0.6) is 0 Å². The van der Waals surface area contributed by atoms with Crippen LogP contribution in [-0.2, 0) is 13.2 Å². The summed E-state index contributed by atoms with van der Waals surface area (Å²) in [5.41, 5.74) is 10.7. The van der Waals surface area contributed by atoms with Crippen LogP contribution in [0.25, 0.3) is 11.0 Å². The van der Waals surface area contributed by atoms with Gasteiger partial charge in [-0.2, -0.15) is 0 Å². The molecule has 0 fully saturated rings. The second-order valence-electron chi connectivity index (χ2n) is 5.01. The van der Waals surface area contributed by atoms with Crippen molar-refractivity contribution in [2.45, 2.75) is 20.1 Å². The summed E-state index contributed by atoms with van der Waals surface area (Å²) in [6.45, 7) is 2.68. The van der Waals surface area contributed by atoms with E-state index >= 15 is 0 Å². The molecule has 3 N–H and O–H groups in total. The van der Waals surface area contributed by atoms with Gasteiger partial charge in [0, 0.05) is 12.2 Å². The van der Waals surface area contributed by atoms with Gasteiger partial charge in [-0.1, -0.05) is 29.8 Å². The van der Waals surface area contributed by atoms with Gasteiger partial charge in [-0.05, 0) is 30.7 Å². The Morgan fingerprint density at radius 2 is 1.90 bits per heavy atom. The van der Waals surface area contributed by atoms with Crippen molar-refractivity contribution in [2.75, 3.05) is 5.73 Å². The molecule has 0 saturated heterocycles. The highest BCUT2D eigenvalue weighted by Gasteiger charge is 2.10. The van der Waals surface area contributed by atoms with Gasteiger partial charge in [0.25, 0.3) is 0 Å². The number of imidazole rings is 1. The molecular formula is C16H17N3O. The summed E-state index contributed by atoms with van der Waals surface area (Å²) in [6, 6.07) is 14.0. The van der Waals surface area contributed by atoms with Crippen LogP contribution in [0.2, 0.25) is 0 Å². The third kappa shape index (κ3) is 2.26. The fraction of sp³-hybridized carbons (Fsp3) is 0.188. The largest absolute Gasteiger partial charge is 0.399 e. The van der Waals surface area contributed by atoms with Crippen LogP contribution in [0.4, 0.5) is 5.69 Å². The van der Waals surface area contributed by atoms with Crippen LogP contribution in [0, 0.1) is 6.92 Å². The summed E-state index contributed by atoms with van der Waals surface area (Å²) in [5, 5.41) is 9.50. The fourth-order valence-corrected chi connectivity index (χ4v) is 2.37. The van der Waals surface area contributed by atoms with Crippen LogP contribution >= 0.6 is 0 Å². The van der Waals surface area contributed by atoms with Crippen molar-refractivity contribution in [1.29, 1.82) is 0 Å². The molecule has 0 saturated carbocycles. The third-order valence-corrected chi connectivity index (χ3v) is 3.45. The van der Waals surface area contributed by atoms with Gasteiger partial charge in [0.15, 0.2) is 0 Å². The summed E-state index contributed by atoms with van der Waals surface area (Å²) in [4.78, 5) is 4.44. The Bertz CT molecular complexity index is 744. The second kappa shape index (κ2) is 4.98. The van der Waals surface area contributed by atoms with E-state index in [0.29, 0.717) is 18.1 Å². The van der Waals surface area contributed by atoms with Crippen LogP contribution in [0.3, 0.4) is 0 Å². The lowest BCUT2D eigenvalue weighted by atomic mass is 10.1. The van der Waals surface area contributed by atoms with Crippen molar-refractivity contribution < 1.29 is 5.11 Å². The molecule has 4 nitrogen and oxygen atoms in total. The lowest BCUT2D eigenvalue weighted by Gasteiger charge is -2.08. The number of benzene rings is 2. The summed E-state index contributed by atoms with van der Waals surface area (Å²) < 4.78 is 2.03. The number of hydrogen-bond donors (Lipinski definition) is 2. The summed E-state index contributed by atoms with van der Waals surface area (Å²) >= 11 is 0. The molecule has 102 valence electrons. The minimum absolute atomic E-state index is 0.0829. The number of rotatable bonds is 3. The first-order valence-electron chi connectivity index (χ1n) is 6.58. The first-order chi connectivity index (χ1) is 9.67. The predicted molar refractivity (Wildman–Crippen MR) is 80.3 cm³/mol. The van der Waals surface area contributed by atoms with Gasteiger partial charge >= 0.3 is 0 Å². The van der Waals surface area contributed by atoms with E-state index in [0.717, 1.165) is 11.0 Å². The maximum atomic E-state index is 9.50. The standard InChI is InChI=1S/C16H17N3O/c1-11-2-4-12(5-3-11)9-19-15-7-6-13(17)8-14(15)18-16(19)10-20/h2-8,20H,9-10,17H2,1H3. The van der Waals surface area contributed by atoms with Gasteiger partial charge in [-0.15, -0.1) is 0 Å². The van der Waals surface area contributed by atoms with Crippen molar-refractivity contribution >= 4 is 16.7 Å². The smallest absolute Gasteiger partial charge is 0.136 e. The monoisotopic (exact) mass is 267 g/mol. The average molecular weight is 267 g/mol. The highest BCUT2D eigenvalue weighted by Crippen LogP contribution is 2.20. The highest BCUT2D eigenvalue weighted by molar-refractivity contribution is 5.79. The van der Waals surface area contributed by atoms with E-state index in [1.54, 1.807) is 0 Å². The maximum Gasteiger partial charge on any atom is 0.136 e. The zero-order chi connectivity index (χ0) is 14.1. The van der Waals surface area contributed by atoms with E-state index in [1.165, 1.54) is 11.1 Å². The predicted octanol–water partition coefficient (Wildman–Crippen LogP) is 2.47. The molecule has 4 heteroatoms. The number of nitrogens with two attached hydrogens (primary N) is 1. The molecule has 0 spiro atoms. The van der Waals surface area contributed by atoms with Crippen molar-refractivity contribution in [2.24, 2.45) is 0 Å². The Kier molecular flexibility index (Phi) is 3.16. The molecule has 0 unspecified atom stereocenters. The molecule has 1 heterocycles. The molecule has 0 aliphatic rings. The number of aryl methyl sites for hydroxylation is 1. The van der Waals surface area contributed by atoms with Crippen molar-refractivity contribution in [1.82, 2.24) is 9.55 Å². The number of aromatic nitrogens is 2. The molecule has 3 rings (SSSR count). The minimum atomic E-state index is -0.0829. The zero-order valence-electron chi connectivity index (χ0n) is 11.4. The molecule has 0 bridgehead atoms. The summed E-state index contributed by atoms with van der Waals surface area (Å²) in [6.07, 6.45) is 0. The number of aliphatic hydroxyl groups is 1. The van der Waals surface area contributed by atoms with Gasteiger partial charge in [0.2, 0.25) is 0 Å². The number of aliphatic hydroxyl groups excluding tert-OH is 1.